The number of halogens is 2. The van der Waals surface area contributed by atoms with Crippen molar-refractivity contribution in [1.82, 2.24) is 9.97 Å². The lowest BCUT2D eigenvalue weighted by Crippen LogP contribution is -2.15. The van der Waals surface area contributed by atoms with Gasteiger partial charge in [-0.3, -0.25) is 4.72 Å². The SMILES string of the molecule is O=C(O)c1cc(S(=O)(=O)Nc2cnc(Br)cn2)ccc1I. The molecule has 10 heteroatoms. The fourth-order valence-electron chi connectivity index (χ4n) is 1.40. The molecule has 0 atom stereocenters. The standard InChI is InChI=1S/C11H7BrIN3O4S/c12-9-4-15-10(5-14-9)16-21(19,20)6-1-2-8(13)7(3-6)11(17)18/h1-5H,(H,15,16)(H,17,18). The van der Waals surface area contributed by atoms with Crippen molar-refractivity contribution in [1.29, 1.82) is 0 Å². The molecule has 1 aromatic heterocycles. The molecule has 0 aliphatic carbocycles. The van der Waals surface area contributed by atoms with Crippen molar-refractivity contribution < 1.29 is 18.3 Å². The lowest BCUT2D eigenvalue weighted by Gasteiger charge is -2.08. The van der Waals surface area contributed by atoms with Crippen molar-refractivity contribution in [3.63, 3.8) is 0 Å². The van der Waals surface area contributed by atoms with E-state index in [-0.39, 0.29) is 16.3 Å². The van der Waals surface area contributed by atoms with E-state index in [2.05, 4.69) is 30.6 Å². The van der Waals surface area contributed by atoms with Crippen LogP contribution in [0.4, 0.5) is 5.82 Å². The van der Waals surface area contributed by atoms with Crippen LogP contribution in [0, 0.1) is 3.57 Å². The summed E-state index contributed by atoms with van der Waals surface area (Å²) in [6, 6.07) is 3.84. The maximum absolute atomic E-state index is 12.2. The van der Waals surface area contributed by atoms with Crippen LogP contribution in [-0.2, 0) is 10.0 Å². The second-order valence-corrected chi connectivity index (χ2v) is 7.43. The molecule has 1 aromatic carbocycles. The minimum absolute atomic E-state index is 0.0358. The summed E-state index contributed by atoms with van der Waals surface area (Å²) < 4.78 is 27.5. The number of sulfonamides is 1. The molecule has 2 rings (SSSR count). The van der Waals surface area contributed by atoms with Gasteiger partial charge < -0.3 is 5.11 Å². The van der Waals surface area contributed by atoms with Gasteiger partial charge in [0.15, 0.2) is 5.82 Å². The number of rotatable bonds is 4. The number of benzene rings is 1. The molecule has 2 aromatic rings. The Morgan fingerprint density at radius 2 is 2.00 bits per heavy atom. The summed E-state index contributed by atoms with van der Waals surface area (Å²) in [6.45, 7) is 0. The second kappa shape index (κ2) is 6.23. The minimum Gasteiger partial charge on any atom is -0.478 e. The molecular formula is C11H7BrIN3O4S. The predicted octanol–water partition coefficient (Wildman–Crippen LogP) is 2.34. The molecule has 0 unspecified atom stereocenters. The van der Waals surface area contributed by atoms with Crippen LogP contribution in [-0.4, -0.2) is 29.5 Å². The van der Waals surface area contributed by atoms with Crippen molar-refractivity contribution in [2.24, 2.45) is 0 Å². The normalized spacial score (nSPS) is 11.1. The smallest absolute Gasteiger partial charge is 0.336 e. The van der Waals surface area contributed by atoms with Crippen LogP contribution in [0.3, 0.4) is 0 Å². The Balaban J connectivity index is 2.38. The zero-order valence-corrected chi connectivity index (χ0v) is 14.7. The van der Waals surface area contributed by atoms with E-state index in [0.29, 0.717) is 8.17 Å². The van der Waals surface area contributed by atoms with E-state index in [1.54, 1.807) is 0 Å². The van der Waals surface area contributed by atoms with Gasteiger partial charge in [-0.15, -0.1) is 0 Å². The highest BCUT2D eigenvalue weighted by Gasteiger charge is 2.19. The number of carboxylic acids is 1. The van der Waals surface area contributed by atoms with Gasteiger partial charge in [0.1, 0.15) is 4.60 Å². The molecule has 0 aliphatic rings. The fourth-order valence-corrected chi connectivity index (χ4v) is 3.19. The highest BCUT2D eigenvalue weighted by atomic mass is 127. The van der Waals surface area contributed by atoms with Crippen molar-refractivity contribution >= 4 is 60.3 Å². The number of carbonyl (C=O) groups is 1. The molecule has 0 aliphatic heterocycles. The number of nitrogens with zero attached hydrogens (tertiary/aromatic N) is 2. The third-order valence-corrected chi connectivity index (χ3v) is 5.04. The molecule has 7 nitrogen and oxygen atoms in total. The maximum Gasteiger partial charge on any atom is 0.336 e. The van der Waals surface area contributed by atoms with E-state index in [4.69, 9.17) is 5.11 Å². The van der Waals surface area contributed by atoms with Gasteiger partial charge in [0.25, 0.3) is 10.0 Å². The number of hydrogen-bond acceptors (Lipinski definition) is 5. The third kappa shape index (κ3) is 3.89. The Bertz CT molecular complexity index is 796. The molecule has 0 saturated carbocycles. The Morgan fingerprint density at radius 3 is 2.57 bits per heavy atom. The summed E-state index contributed by atoms with van der Waals surface area (Å²) in [5.74, 6) is -1.16. The number of aromatic nitrogens is 2. The second-order valence-electron chi connectivity index (χ2n) is 3.78. The molecule has 0 amide bonds. The molecule has 0 spiro atoms. The van der Waals surface area contributed by atoms with Gasteiger partial charge in [-0.1, -0.05) is 0 Å². The van der Waals surface area contributed by atoms with Crippen LogP contribution < -0.4 is 4.72 Å². The van der Waals surface area contributed by atoms with E-state index >= 15 is 0 Å². The Hall–Kier alpha value is -1.27. The van der Waals surface area contributed by atoms with Gasteiger partial charge in [-0.25, -0.2) is 23.2 Å². The van der Waals surface area contributed by atoms with Gasteiger partial charge in [0, 0.05) is 3.57 Å². The van der Waals surface area contributed by atoms with E-state index < -0.39 is 16.0 Å². The van der Waals surface area contributed by atoms with Crippen molar-refractivity contribution in [3.8, 4) is 0 Å². The first-order valence-electron chi connectivity index (χ1n) is 5.33. The largest absolute Gasteiger partial charge is 0.478 e. The van der Waals surface area contributed by atoms with Crippen LogP contribution in [0.5, 0.6) is 0 Å². The summed E-state index contributed by atoms with van der Waals surface area (Å²) in [5.41, 5.74) is -0.0830. The van der Waals surface area contributed by atoms with Crippen LogP contribution in [0.2, 0.25) is 0 Å². The van der Waals surface area contributed by atoms with Crippen LogP contribution >= 0.6 is 38.5 Å². The van der Waals surface area contributed by atoms with E-state index in [9.17, 15) is 13.2 Å². The van der Waals surface area contributed by atoms with Gasteiger partial charge in [0.2, 0.25) is 0 Å². The van der Waals surface area contributed by atoms with E-state index in [1.165, 1.54) is 24.5 Å². The van der Waals surface area contributed by atoms with Crippen molar-refractivity contribution in [2.75, 3.05) is 4.72 Å². The van der Waals surface area contributed by atoms with Crippen molar-refractivity contribution in [3.05, 3.63) is 44.3 Å². The first-order chi connectivity index (χ1) is 9.79. The van der Waals surface area contributed by atoms with Gasteiger partial charge in [-0.2, -0.15) is 0 Å². The lowest BCUT2D eigenvalue weighted by atomic mass is 10.2. The highest BCUT2D eigenvalue weighted by molar-refractivity contribution is 14.1. The predicted molar refractivity (Wildman–Crippen MR) is 86.7 cm³/mol. The summed E-state index contributed by atoms with van der Waals surface area (Å²) in [5, 5.41) is 9.03. The number of carboxylic acid groups (broad SMARTS) is 1. The average Bonchev–Trinajstić information content (AvgIpc) is 2.41. The van der Waals surface area contributed by atoms with Crippen LogP contribution in [0.25, 0.3) is 0 Å². The van der Waals surface area contributed by atoms with Crippen LogP contribution in [0.15, 0.2) is 40.1 Å². The summed E-state index contributed by atoms with van der Waals surface area (Å²) in [6.07, 6.45) is 2.58. The molecule has 0 radical (unpaired) electrons. The van der Waals surface area contributed by atoms with E-state index in [1.807, 2.05) is 22.6 Å². The Labute approximate surface area is 142 Å². The number of aromatic carboxylic acids is 1. The summed E-state index contributed by atoms with van der Waals surface area (Å²) >= 11 is 4.91. The van der Waals surface area contributed by atoms with Gasteiger partial charge >= 0.3 is 5.97 Å². The molecule has 2 N–H and O–H groups in total. The quantitative estimate of drug-likeness (QED) is 0.646. The fraction of sp³-hybridized carbons (Fsp3) is 0. The zero-order chi connectivity index (χ0) is 15.6. The highest BCUT2D eigenvalue weighted by Crippen LogP contribution is 2.20. The minimum atomic E-state index is -3.93. The topological polar surface area (TPSA) is 109 Å². The Morgan fingerprint density at radius 1 is 1.29 bits per heavy atom. The van der Waals surface area contributed by atoms with Gasteiger partial charge in [-0.05, 0) is 56.7 Å². The number of anilines is 1. The summed E-state index contributed by atoms with van der Waals surface area (Å²) in [4.78, 5) is 18.6. The molecule has 0 bridgehead atoms. The maximum atomic E-state index is 12.2. The van der Waals surface area contributed by atoms with Gasteiger partial charge in [0.05, 0.1) is 22.9 Å². The molecule has 110 valence electrons. The first kappa shape index (κ1) is 16.1. The van der Waals surface area contributed by atoms with E-state index in [0.717, 1.165) is 6.07 Å². The molecule has 1 heterocycles. The zero-order valence-electron chi connectivity index (χ0n) is 10.1. The first-order valence-corrected chi connectivity index (χ1v) is 8.68. The molecule has 0 saturated heterocycles. The lowest BCUT2D eigenvalue weighted by molar-refractivity contribution is 0.0695. The molecule has 0 fully saturated rings. The molecule has 21 heavy (non-hydrogen) atoms. The molecular weight excluding hydrogens is 477 g/mol. The Kier molecular flexibility index (Phi) is 4.78. The monoisotopic (exact) mass is 483 g/mol. The number of hydrogen-bond donors (Lipinski definition) is 2. The van der Waals surface area contributed by atoms with Crippen LogP contribution in [0.1, 0.15) is 10.4 Å². The van der Waals surface area contributed by atoms with Crippen molar-refractivity contribution in [2.45, 2.75) is 4.90 Å². The summed E-state index contributed by atoms with van der Waals surface area (Å²) in [7, 11) is -3.93. The third-order valence-electron chi connectivity index (χ3n) is 2.34. The number of nitrogens with one attached hydrogen (secondary N) is 1. The average molecular weight is 484 g/mol.